The van der Waals surface area contributed by atoms with E-state index in [9.17, 15) is 4.39 Å². The summed E-state index contributed by atoms with van der Waals surface area (Å²) in [5, 5.41) is 2.11. The lowest BCUT2D eigenvalue weighted by Gasteiger charge is -2.24. The summed E-state index contributed by atoms with van der Waals surface area (Å²) < 4.78 is 21.1. The summed E-state index contributed by atoms with van der Waals surface area (Å²) in [6.45, 7) is 0. The minimum atomic E-state index is -0.239. The van der Waals surface area contributed by atoms with Crippen LogP contribution < -0.4 is 4.80 Å². The Morgan fingerprint density at radius 2 is 1.88 bits per heavy atom. The fourth-order valence-corrected chi connectivity index (χ4v) is 4.29. The lowest BCUT2D eigenvalue weighted by molar-refractivity contribution is 0.349. The van der Waals surface area contributed by atoms with E-state index < -0.39 is 0 Å². The second kappa shape index (κ2) is 6.77. The molecule has 0 atom stereocenters. The molecule has 0 aliphatic heterocycles. The highest BCUT2D eigenvalue weighted by molar-refractivity contribution is 7.07. The third-order valence-electron chi connectivity index (χ3n) is 4.51. The smallest absolute Gasteiger partial charge is 0.190 e. The lowest BCUT2D eigenvalue weighted by atomic mass is 9.95. The Hall–Kier alpha value is -2.14. The van der Waals surface area contributed by atoms with E-state index in [1.807, 2.05) is 12.1 Å². The van der Waals surface area contributed by atoms with Crippen molar-refractivity contribution in [1.82, 2.24) is 4.57 Å². The molecule has 5 heteroatoms. The molecule has 4 rings (SSSR count). The molecular formula is C19H19FN2OS. The Morgan fingerprint density at radius 3 is 2.58 bits per heavy atom. The van der Waals surface area contributed by atoms with Crippen LogP contribution in [0.25, 0.3) is 11.5 Å². The predicted octanol–water partition coefficient (Wildman–Crippen LogP) is 5.69. The van der Waals surface area contributed by atoms with Crippen LogP contribution in [0.2, 0.25) is 0 Å². The van der Waals surface area contributed by atoms with Crippen molar-refractivity contribution in [3.63, 3.8) is 0 Å². The van der Waals surface area contributed by atoms with Gasteiger partial charge in [-0.1, -0.05) is 19.3 Å². The van der Waals surface area contributed by atoms with Crippen LogP contribution in [0, 0.1) is 5.82 Å². The van der Waals surface area contributed by atoms with Gasteiger partial charge in [0.1, 0.15) is 5.82 Å². The van der Waals surface area contributed by atoms with Crippen molar-refractivity contribution < 1.29 is 8.81 Å². The Bertz CT molecular complexity index is 856. The van der Waals surface area contributed by atoms with Gasteiger partial charge in [0.2, 0.25) is 0 Å². The van der Waals surface area contributed by atoms with Crippen LogP contribution in [0.15, 0.2) is 57.5 Å². The number of thiazole rings is 1. The van der Waals surface area contributed by atoms with Gasteiger partial charge in [0.05, 0.1) is 17.6 Å². The average molecular weight is 342 g/mol. The van der Waals surface area contributed by atoms with Gasteiger partial charge in [-0.05, 0) is 49.2 Å². The second-order valence-corrected chi connectivity index (χ2v) is 6.97. The normalized spacial score (nSPS) is 16.6. The second-order valence-electron chi connectivity index (χ2n) is 6.13. The first-order valence-corrected chi connectivity index (χ1v) is 9.23. The molecule has 0 amide bonds. The molecule has 24 heavy (non-hydrogen) atoms. The molecule has 1 aliphatic carbocycles. The Kier molecular flexibility index (Phi) is 4.34. The molecular weight excluding hydrogens is 323 g/mol. The first kappa shape index (κ1) is 15.4. The first-order chi connectivity index (χ1) is 11.8. The van der Waals surface area contributed by atoms with Crippen LogP contribution >= 0.6 is 11.3 Å². The van der Waals surface area contributed by atoms with Crippen molar-refractivity contribution in [3.8, 4) is 11.5 Å². The summed E-state index contributed by atoms with van der Waals surface area (Å²) >= 11 is 1.61. The van der Waals surface area contributed by atoms with Crippen LogP contribution in [0.3, 0.4) is 0 Å². The molecule has 1 saturated carbocycles. The molecule has 1 aliphatic rings. The molecule has 0 saturated heterocycles. The molecule has 2 aromatic heterocycles. The van der Waals surface area contributed by atoms with Gasteiger partial charge in [0.25, 0.3) is 0 Å². The van der Waals surface area contributed by atoms with Gasteiger partial charge in [-0.25, -0.2) is 9.38 Å². The van der Waals surface area contributed by atoms with Crippen molar-refractivity contribution >= 4 is 17.0 Å². The summed E-state index contributed by atoms with van der Waals surface area (Å²) in [6.07, 6.45) is 7.85. The van der Waals surface area contributed by atoms with Gasteiger partial charge in [0, 0.05) is 11.4 Å². The zero-order chi connectivity index (χ0) is 16.4. The number of benzene rings is 1. The van der Waals surface area contributed by atoms with Gasteiger partial charge < -0.3 is 8.98 Å². The van der Waals surface area contributed by atoms with Crippen molar-refractivity contribution in [1.29, 1.82) is 0 Å². The highest BCUT2D eigenvalue weighted by atomic mass is 32.1. The zero-order valence-corrected chi connectivity index (χ0v) is 14.1. The summed E-state index contributed by atoms with van der Waals surface area (Å²) in [5.41, 5.74) is 1.85. The van der Waals surface area contributed by atoms with Crippen molar-refractivity contribution in [3.05, 3.63) is 58.7 Å². The van der Waals surface area contributed by atoms with Crippen molar-refractivity contribution in [2.45, 2.75) is 38.1 Å². The predicted molar refractivity (Wildman–Crippen MR) is 93.8 cm³/mol. The fourth-order valence-electron chi connectivity index (χ4n) is 3.32. The molecule has 1 fully saturated rings. The standard InChI is InChI=1S/C19H19FN2OS/c20-14-8-10-15(11-9-14)21-19-22(16-5-2-1-3-6-16)17(13-24-19)18-7-4-12-23-18/h4,7-13,16H,1-3,5-6H2. The topological polar surface area (TPSA) is 30.4 Å². The summed E-state index contributed by atoms with van der Waals surface area (Å²) in [5.74, 6) is 0.633. The number of hydrogen-bond acceptors (Lipinski definition) is 3. The zero-order valence-electron chi connectivity index (χ0n) is 13.3. The minimum Gasteiger partial charge on any atom is -0.463 e. The highest BCUT2D eigenvalue weighted by Crippen LogP contribution is 2.32. The molecule has 124 valence electrons. The lowest BCUT2D eigenvalue weighted by Crippen LogP contribution is -2.23. The molecule has 0 bridgehead atoms. The van der Waals surface area contributed by atoms with Crippen LogP contribution in [-0.4, -0.2) is 4.57 Å². The number of aromatic nitrogens is 1. The number of rotatable bonds is 3. The average Bonchev–Trinajstić information content (AvgIpc) is 3.27. The van der Waals surface area contributed by atoms with E-state index >= 15 is 0 Å². The molecule has 0 unspecified atom stereocenters. The Morgan fingerprint density at radius 1 is 1.08 bits per heavy atom. The van der Waals surface area contributed by atoms with Gasteiger partial charge in [-0.15, -0.1) is 11.3 Å². The van der Waals surface area contributed by atoms with Crippen LogP contribution in [0.1, 0.15) is 38.1 Å². The van der Waals surface area contributed by atoms with E-state index in [0.717, 1.165) is 21.9 Å². The third-order valence-corrected chi connectivity index (χ3v) is 5.35. The van der Waals surface area contributed by atoms with Crippen LogP contribution in [-0.2, 0) is 0 Å². The van der Waals surface area contributed by atoms with E-state index in [1.54, 1.807) is 29.7 Å². The fraction of sp³-hybridized carbons (Fsp3) is 0.316. The van der Waals surface area contributed by atoms with E-state index in [2.05, 4.69) is 9.95 Å². The number of nitrogens with zero attached hydrogens (tertiary/aromatic N) is 2. The maximum atomic E-state index is 13.1. The quantitative estimate of drug-likeness (QED) is 0.602. The van der Waals surface area contributed by atoms with E-state index in [-0.39, 0.29) is 5.82 Å². The molecule has 0 spiro atoms. The van der Waals surface area contributed by atoms with Gasteiger partial charge in [-0.2, -0.15) is 0 Å². The molecule has 3 nitrogen and oxygen atoms in total. The molecule has 0 N–H and O–H groups in total. The van der Waals surface area contributed by atoms with Crippen LogP contribution in [0.4, 0.5) is 10.1 Å². The molecule has 2 heterocycles. The molecule has 0 radical (unpaired) electrons. The summed E-state index contributed by atoms with van der Waals surface area (Å²) in [7, 11) is 0. The SMILES string of the molecule is Fc1ccc(N=c2scc(-c3ccco3)n2C2CCCCC2)cc1. The minimum absolute atomic E-state index is 0.239. The number of hydrogen-bond donors (Lipinski definition) is 0. The van der Waals surface area contributed by atoms with E-state index in [0.29, 0.717) is 6.04 Å². The molecule has 1 aromatic carbocycles. The van der Waals surface area contributed by atoms with Gasteiger partial charge in [0.15, 0.2) is 10.6 Å². The largest absolute Gasteiger partial charge is 0.463 e. The van der Waals surface area contributed by atoms with Gasteiger partial charge >= 0.3 is 0 Å². The molecule has 3 aromatic rings. The Balaban J connectivity index is 1.83. The maximum Gasteiger partial charge on any atom is 0.190 e. The summed E-state index contributed by atoms with van der Waals surface area (Å²) in [4.78, 5) is 5.71. The number of furan rings is 1. The highest BCUT2D eigenvalue weighted by Gasteiger charge is 2.21. The summed E-state index contributed by atoms with van der Waals surface area (Å²) in [6, 6.07) is 10.7. The maximum absolute atomic E-state index is 13.1. The Labute approximate surface area is 144 Å². The van der Waals surface area contributed by atoms with Crippen molar-refractivity contribution in [2.75, 3.05) is 0 Å². The number of halogens is 1. The van der Waals surface area contributed by atoms with E-state index in [4.69, 9.17) is 9.41 Å². The monoisotopic (exact) mass is 342 g/mol. The third kappa shape index (κ3) is 3.08. The van der Waals surface area contributed by atoms with E-state index in [1.165, 1.54) is 44.2 Å². The van der Waals surface area contributed by atoms with Crippen molar-refractivity contribution in [2.24, 2.45) is 4.99 Å². The van der Waals surface area contributed by atoms with Gasteiger partial charge in [-0.3, -0.25) is 0 Å². The first-order valence-electron chi connectivity index (χ1n) is 8.35. The van der Waals surface area contributed by atoms with Crippen LogP contribution in [0.5, 0.6) is 0 Å².